The van der Waals surface area contributed by atoms with E-state index in [0.717, 1.165) is 31.5 Å². The Morgan fingerprint density at radius 1 is 0.920 bits per heavy atom. The standard InChI is InChI=1S/C20H16Br2ClNO/c21-16-10-15(12-24-19-9-5-4-8-18(19)23)20(17(22)11-16)25-13-14-6-2-1-3-7-14/h1-11,24H,12-13H2. The largest absolute Gasteiger partial charge is 0.487 e. The number of para-hydroxylation sites is 1. The van der Waals surface area contributed by atoms with Crippen molar-refractivity contribution in [3.63, 3.8) is 0 Å². The number of ether oxygens (including phenoxy) is 1. The zero-order valence-electron chi connectivity index (χ0n) is 13.3. The second-order valence-corrected chi connectivity index (χ2v) is 7.66. The highest BCUT2D eigenvalue weighted by Gasteiger charge is 2.11. The van der Waals surface area contributed by atoms with Gasteiger partial charge in [0.15, 0.2) is 0 Å². The maximum atomic E-state index is 6.22. The zero-order chi connectivity index (χ0) is 17.6. The molecule has 0 aliphatic rings. The van der Waals surface area contributed by atoms with Gasteiger partial charge in [0, 0.05) is 16.6 Å². The van der Waals surface area contributed by atoms with Gasteiger partial charge in [0.25, 0.3) is 0 Å². The summed E-state index contributed by atoms with van der Waals surface area (Å²) in [6.45, 7) is 1.12. The van der Waals surface area contributed by atoms with Crippen LogP contribution in [-0.2, 0) is 13.2 Å². The first-order valence-corrected chi connectivity index (χ1v) is 9.73. The molecule has 0 amide bonds. The third kappa shape index (κ3) is 5.00. The van der Waals surface area contributed by atoms with Crippen LogP contribution in [0.3, 0.4) is 0 Å². The van der Waals surface area contributed by atoms with Crippen LogP contribution in [0, 0.1) is 0 Å². The first kappa shape index (κ1) is 18.3. The van der Waals surface area contributed by atoms with Crippen LogP contribution in [0.15, 0.2) is 75.7 Å². The average molecular weight is 482 g/mol. The average Bonchev–Trinajstić information content (AvgIpc) is 2.61. The Bertz CT molecular complexity index is 856. The highest BCUT2D eigenvalue weighted by Crippen LogP contribution is 2.34. The van der Waals surface area contributed by atoms with Crippen molar-refractivity contribution in [2.24, 2.45) is 0 Å². The van der Waals surface area contributed by atoms with Crippen molar-refractivity contribution < 1.29 is 4.74 Å². The molecule has 0 aliphatic carbocycles. The predicted octanol–water partition coefficient (Wildman–Crippen LogP) is 7.06. The molecule has 3 aromatic carbocycles. The lowest BCUT2D eigenvalue weighted by Gasteiger charge is -2.16. The van der Waals surface area contributed by atoms with Crippen LogP contribution in [0.5, 0.6) is 5.75 Å². The molecule has 0 aromatic heterocycles. The smallest absolute Gasteiger partial charge is 0.139 e. The van der Waals surface area contributed by atoms with Gasteiger partial charge in [0.2, 0.25) is 0 Å². The topological polar surface area (TPSA) is 21.3 Å². The van der Waals surface area contributed by atoms with Crippen LogP contribution in [-0.4, -0.2) is 0 Å². The Hall–Kier alpha value is -1.49. The minimum atomic E-state index is 0.514. The van der Waals surface area contributed by atoms with E-state index in [1.807, 2.05) is 48.5 Å². The maximum Gasteiger partial charge on any atom is 0.139 e. The summed E-state index contributed by atoms with van der Waals surface area (Å²) in [5.74, 6) is 0.826. The molecule has 1 N–H and O–H groups in total. The Morgan fingerprint density at radius 2 is 1.64 bits per heavy atom. The molecule has 0 radical (unpaired) electrons. The van der Waals surface area contributed by atoms with E-state index in [-0.39, 0.29) is 0 Å². The molecule has 0 unspecified atom stereocenters. The van der Waals surface area contributed by atoms with Crippen LogP contribution in [0.25, 0.3) is 0 Å². The maximum absolute atomic E-state index is 6.22. The molecular formula is C20H16Br2ClNO. The number of halogens is 3. The SMILES string of the molecule is Clc1ccccc1NCc1cc(Br)cc(Br)c1OCc1ccccc1. The fraction of sp³-hybridized carbons (Fsp3) is 0.100. The van der Waals surface area contributed by atoms with Crippen LogP contribution < -0.4 is 10.1 Å². The van der Waals surface area contributed by atoms with E-state index in [0.29, 0.717) is 18.2 Å². The monoisotopic (exact) mass is 479 g/mol. The molecule has 25 heavy (non-hydrogen) atoms. The van der Waals surface area contributed by atoms with Crippen LogP contribution >= 0.6 is 43.5 Å². The molecule has 3 aromatic rings. The predicted molar refractivity (Wildman–Crippen MR) is 111 cm³/mol. The van der Waals surface area contributed by atoms with Crippen molar-refractivity contribution in [3.8, 4) is 5.75 Å². The minimum Gasteiger partial charge on any atom is -0.487 e. The van der Waals surface area contributed by atoms with Gasteiger partial charge in [-0.15, -0.1) is 0 Å². The van der Waals surface area contributed by atoms with E-state index < -0.39 is 0 Å². The summed E-state index contributed by atoms with van der Waals surface area (Å²) in [7, 11) is 0. The van der Waals surface area contributed by atoms with Crippen molar-refractivity contribution in [1.82, 2.24) is 0 Å². The van der Waals surface area contributed by atoms with Crippen molar-refractivity contribution in [1.29, 1.82) is 0 Å². The summed E-state index contributed by atoms with van der Waals surface area (Å²) in [6, 6.07) is 21.8. The van der Waals surface area contributed by atoms with Crippen LogP contribution in [0.2, 0.25) is 5.02 Å². The quantitative estimate of drug-likeness (QED) is 0.407. The van der Waals surface area contributed by atoms with E-state index in [1.54, 1.807) is 0 Å². The molecule has 0 fully saturated rings. The van der Waals surface area contributed by atoms with Crippen LogP contribution in [0.1, 0.15) is 11.1 Å². The lowest BCUT2D eigenvalue weighted by Crippen LogP contribution is -2.05. The number of anilines is 1. The number of nitrogens with one attached hydrogen (secondary N) is 1. The summed E-state index contributed by atoms with van der Waals surface area (Å²) in [5, 5.41) is 4.07. The zero-order valence-corrected chi connectivity index (χ0v) is 17.2. The molecule has 0 heterocycles. The number of hydrogen-bond donors (Lipinski definition) is 1. The van der Waals surface area contributed by atoms with Crippen molar-refractivity contribution >= 4 is 49.1 Å². The molecule has 0 aliphatic heterocycles. The highest BCUT2D eigenvalue weighted by molar-refractivity contribution is 9.11. The summed E-state index contributed by atoms with van der Waals surface area (Å²) < 4.78 is 7.99. The summed E-state index contributed by atoms with van der Waals surface area (Å²) >= 11 is 13.4. The molecule has 0 saturated carbocycles. The Labute approximate surface area is 169 Å². The normalized spacial score (nSPS) is 10.5. The second kappa shape index (κ2) is 8.75. The van der Waals surface area contributed by atoms with Gasteiger partial charge in [-0.2, -0.15) is 0 Å². The van der Waals surface area contributed by atoms with Gasteiger partial charge in [-0.25, -0.2) is 0 Å². The molecule has 0 spiro atoms. The second-order valence-electron chi connectivity index (χ2n) is 5.48. The molecule has 3 rings (SSSR count). The van der Waals surface area contributed by atoms with Gasteiger partial charge in [-0.1, -0.05) is 70.0 Å². The van der Waals surface area contributed by atoms with E-state index in [1.165, 1.54) is 0 Å². The lowest BCUT2D eigenvalue weighted by atomic mass is 10.2. The Balaban J connectivity index is 1.79. The third-order valence-corrected chi connectivity index (χ3v) is 5.03. The van der Waals surface area contributed by atoms with Gasteiger partial charge in [0.05, 0.1) is 15.2 Å². The first-order valence-electron chi connectivity index (χ1n) is 7.76. The summed E-state index contributed by atoms with van der Waals surface area (Å²) in [5.41, 5.74) is 3.06. The van der Waals surface area contributed by atoms with Gasteiger partial charge in [0.1, 0.15) is 12.4 Å². The number of rotatable bonds is 6. The number of hydrogen-bond acceptors (Lipinski definition) is 2. The van der Waals surface area contributed by atoms with E-state index in [9.17, 15) is 0 Å². The molecule has 2 nitrogen and oxygen atoms in total. The molecule has 0 atom stereocenters. The fourth-order valence-electron chi connectivity index (χ4n) is 2.43. The third-order valence-electron chi connectivity index (χ3n) is 3.65. The van der Waals surface area contributed by atoms with Gasteiger partial charge >= 0.3 is 0 Å². The summed E-state index contributed by atoms with van der Waals surface area (Å²) in [4.78, 5) is 0. The van der Waals surface area contributed by atoms with Gasteiger partial charge < -0.3 is 10.1 Å². The minimum absolute atomic E-state index is 0.514. The van der Waals surface area contributed by atoms with E-state index >= 15 is 0 Å². The summed E-state index contributed by atoms with van der Waals surface area (Å²) in [6.07, 6.45) is 0. The molecular weight excluding hydrogens is 465 g/mol. The van der Waals surface area contributed by atoms with E-state index in [2.05, 4.69) is 55.4 Å². The Kier molecular flexibility index (Phi) is 6.40. The highest BCUT2D eigenvalue weighted by atomic mass is 79.9. The van der Waals surface area contributed by atoms with E-state index in [4.69, 9.17) is 16.3 Å². The van der Waals surface area contributed by atoms with Crippen molar-refractivity contribution in [2.45, 2.75) is 13.2 Å². The van der Waals surface area contributed by atoms with Crippen molar-refractivity contribution in [2.75, 3.05) is 5.32 Å². The van der Waals surface area contributed by atoms with Gasteiger partial charge in [-0.3, -0.25) is 0 Å². The van der Waals surface area contributed by atoms with Crippen LogP contribution in [0.4, 0.5) is 5.69 Å². The lowest BCUT2D eigenvalue weighted by molar-refractivity contribution is 0.301. The molecule has 5 heteroatoms. The Morgan fingerprint density at radius 3 is 2.40 bits per heavy atom. The fourth-order valence-corrected chi connectivity index (χ4v) is 4.06. The number of benzene rings is 3. The molecule has 0 bridgehead atoms. The molecule has 128 valence electrons. The first-order chi connectivity index (χ1) is 12.1. The van der Waals surface area contributed by atoms with Gasteiger partial charge in [-0.05, 0) is 45.8 Å². The molecule has 0 saturated heterocycles. The van der Waals surface area contributed by atoms with Crippen molar-refractivity contribution in [3.05, 3.63) is 91.8 Å².